The maximum Gasteiger partial charge on any atom is 0.251 e. The van der Waals surface area contributed by atoms with Gasteiger partial charge in [-0.15, -0.1) is 24.0 Å². The second kappa shape index (κ2) is 16.4. The average molecular weight is 518 g/mol. The fourth-order valence-electron chi connectivity index (χ4n) is 2.86. The summed E-state index contributed by atoms with van der Waals surface area (Å²) in [5.74, 6) is 1.19. The van der Waals surface area contributed by atoms with Crippen LogP contribution in [0.15, 0.2) is 29.3 Å². The Morgan fingerprint density at radius 2 is 1.79 bits per heavy atom. The van der Waals surface area contributed by atoms with Gasteiger partial charge in [-0.1, -0.05) is 32.4 Å². The number of aliphatic hydroxyl groups is 1. The van der Waals surface area contributed by atoms with Gasteiger partial charge in [-0.05, 0) is 56.7 Å². The van der Waals surface area contributed by atoms with Crippen LogP contribution in [0.25, 0.3) is 0 Å². The van der Waals surface area contributed by atoms with Crippen molar-refractivity contribution in [1.82, 2.24) is 16.0 Å². The van der Waals surface area contributed by atoms with Gasteiger partial charge in [0.15, 0.2) is 5.96 Å². The second-order valence-electron chi connectivity index (χ2n) is 7.22. The topological polar surface area (TPSA) is 85.8 Å². The highest BCUT2D eigenvalue weighted by Gasteiger charge is 2.09. The van der Waals surface area contributed by atoms with E-state index in [0.29, 0.717) is 18.0 Å². The molecule has 29 heavy (non-hydrogen) atoms. The normalized spacial score (nSPS) is 13.2. The highest BCUT2D eigenvalue weighted by atomic mass is 127. The molecule has 6 nitrogen and oxygen atoms in total. The minimum absolute atomic E-state index is 0. The number of aliphatic hydroxyl groups excluding tert-OH is 1. The molecule has 1 aromatic carbocycles. The van der Waals surface area contributed by atoms with E-state index < -0.39 is 0 Å². The van der Waals surface area contributed by atoms with Crippen LogP contribution in [-0.2, 0) is 6.54 Å². The lowest BCUT2D eigenvalue weighted by Crippen LogP contribution is -2.40. The number of carbonyl (C=O) groups excluding carboxylic acids is 1. The number of guanidine groups is 1. The second-order valence-corrected chi connectivity index (χ2v) is 7.22. The van der Waals surface area contributed by atoms with Crippen LogP contribution in [0.4, 0.5) is 0 Å². The number of hydrogen-bond donors (Lipinski definition) is 4. The summed E-state index contributed by atoms with van der Waals surface area (Å²) in [6.45, 7) is 10.6. The molecular formula is C22H39IN4O2. The first-order chi connectivity index (χ1) is 13.5. The van der Waals surface area contributed by atoms with Crippen molar-refractivity contribution in [3.8, 4) is 0 Å². The number of nitrogens with zero attached hydrogens (tertiary/aromatic N) is 1. The molecule has 4 N–H and O–H groups in total. The molecule has 1 rings (SSSR count). The third-order valence-electron chi connectivity index (χ3n) is 4.76. The summed E-state index contributed by atoms with van der Waals surface area (Å²) in [5.41, 5.74) is 1.72. The van der Waals surface area contributed by atoms with Crippen LogP contribution in [0.3, 0.4) is 0 Å². The van der Waals surface area contributed by atoms with E-state index >= 15 is 0 Å². The van der Waals surface area contributed by atoms with Crippen LogP contribution in [0.2, 0.25) is 0 Å². The Bertz CT molecular complexity index is 587. The SMILES string of the molecule is CCCC(CCO)CNC(=NCc1ccc(C(=O)NC(C)CC)cc1)NCC.I. The van der Waals surface area contributed by atoms with Gasteiger partial charge in [-0.25, -0.2) is 4.99 Å². The summed E-state index contributed by atoms with van der Waals surface area (Å²) in [5, 5.41) is 18.8. The van der Waals surface area contributed by atoms with Gasteiger partial charge in [0.05, 0.1) is 6.54 Å². The summed E-state index contributed by atoms with van der Waals surface area (Å²) in [4.78, 5) is 16.8. The molecular weight excluding hydrogens is 479 g/mol. The molecule has 0 saturated heterocycles. The van der Waals surface area contributed by atoms with Crippen molar-refractivity contribution >= 4 is 35.8 Å². The van der Waals surface area contributed by atoms with Crippen molar-refractivity contribution in [1.29, 1.82) is 0 Å². The highest BCUT2D eigenvalue weighted by Crippen LogP contribution is 2.10. The van der Waals surface area contributed by atoms with Gasteiger partial charge in [0.2, 0.25) is 0 Å². The van der Waals surface area contributed by atoms with Crippen LogP contribution >= 0.6 is 24.0 Å². The van der Waals surface area contributed by atoms with Crippen molar-refractivity contribution in [3.63, 3.8) is 0 Å². The molecule has 1 aromatic rings. The summed E-state index contributed by atoms with van der Waals surface area (Å²) >= 11 is 0. The van der Waals surface area contributed by atoms with E-state index in [0.717, 1.165) is 50.3 Å². The Hall–Kier alpha value is -1.35. The molecule has 0 radical (unpaired) electrons. The minimum atomic E-state index is -0.0368. The van der Waals surface area contributed by atoms with Crippen molar-refractivity contribution in [2.45, 2.75) is 66.0 Å². The predicted molar refractivity (Wildman–Crippen MR) is 132 cm³/mol. The molecule has 0 aliphatic rings. The zero-order valence-corrected chi connectivity index (χ0v) is 20.7. The maximum atomic E-state index is 12.2. The third kappa shape index (κ3) is 11.4. The first kappa shape index (κ1) is 27.6. The molecule has 0 aliphatic carbocycles. The van der Waals surface area contributed by atoms with Crippen molar-refractivity contribution in [2.24, 2.45) is 10.9 Å². The lowest BCUT2D eigenvalue weighted by molar-refractivity contribution is 0.0939. The largest absolute Gasteiger partial charge is 0.396 e. The molecule has 1 amide bonds. The monoisotopic (exact) mass is 518 g/mol. The molecule has 0 aliphatic heterocycles. The molecule has 0 saturated carbocycles. The van der Waals surface area contributed by atoms with Gasteiger partial charge >= 0.3 is 0 Å². The van der Waals surface area contributed by atoms with E-state index in [2.05, 4.69) is 34.8 Å². The number of aliphatic imine (C=N–C) groups is 1. The number of halogens is 1. The lowest BCUT2D eigenvalue weighted by atomic mass is 10.0. The smallest absolute Gasteiger partial charge is 0.251 e. The van der Waals surface area contributed by atoms with Crippen LogP contribution in [0, 0.1) is 5.92 Å². The number of carbonyl (C=O) groups is 1. The lowest BCUT2D eigenvalue weighted by Gasteiger charge is -2.18. The molecule has 166 valence electrons. The van der Waals surface area contributed by atoms with Gasteiger partial charge in [0, 0.05) is 31.3 Å². The van der Waals surface area contributed by atoms with Crippen LogP contribution in [-0.4, -0.2) is 42.7 Å². The first-order valence-corrected chi connectivity index (χ1v) is 10.6. The minimum Gasteiger partial charge on any atom is -0.396 e. The quantitative estimate of drug-likeness (QED) is 0.193. The van der Waals surface area contributed by atoms with Crippen LogP contribution < -0.4 is 16.0 Å². The summed E-state index contributed by atoms with van der Waals surface area (Å²) < 4.78 is 0. The van der Waals surface area contributed by atoms with Gasteiger partial charge < -0.3 is 21.1 Å². The van der Waals surface area contributed by atoms with Crippen LogP contribution in [0.1, 0.15) is 69.3 Å². The van der Waals surface area contributed by atoms with E-state index in [4.69, 9.17) is 0 Å². The van der Waals surface area contributed by atoms with E-state index in [1.165, 1.54) is 0 Å². The molecule has 0 bridgehead atoms. The molecule has 0 heterocycles. The maximum absolute atomic E-state index is 12.2. The number of benzene rings is 1. The standard InChI is InChI=1S/C22H38N4O2.HI/c1-5-8-18(13-14-27)15-24-22(23-7-3)25-16-19-9-11-20(12-10-19)21(28)26-17(4)6-2;/h9-12,17-18,27H,5-8,13-16H2,1-4H3,(H,26,28)(H2,23,24,25);1H. The predicted octanol–water partition coefficient (Wildman–Crippen LogP) is 3.69. The Balaban J connectivity index is 0.00000784. The Morgan fingerprint density at radius 3 is 2.34 bits per heavy atom. The molecule has 7 heteroatoms. The molecule has 2 atom stereocenters. The molecule has 0 spiro atoms. The zero-order valence-electron chi connectivity index (χ0n) is 18.3. The average Bonchev–Trinajstić information content (AvgIpc) is 2.70. The third-order valence-corrected chi connectivity index (χ3v) is 4.76. The highest BCUT2D eigenvalue weighted by molar-refractivity contribution is 14.0. The number of amides is 1. The van der Waals surface area contributed by atoms with Gasteiger partial charge in [0.1, 0.15) is 0 Å². The van der Waals surface area contributed by atoms with Crippen molar-refractivity contribution < 1.29 is 9.90 Å². The Labute approximate surface area is 193 Å². The van der Waals surface area contributed by atoms with Crippen molar-refractivity contribution in [3.05, 3.63) is 35.4 Å². The van der Waals surface area contributed by atoms with Gasteiger partial charge in [0.25, 0.3) is 5.91 Å². The van der Waals surface area contributed by atoms with Gasteiger partial charge in [-0.3, -0.25) is 4.79 Å². The van der Waals surface area contributed by atoms with E-state index in [1.54, 1.807) is 0 Å². The fourth-order valence-corrected chi connectivity index (χ4v) is 2.86. The number of nitrogens with one attached hydrogen (secondary N) is 3. The van der Waals surface area contributed by atoms with Crippen LogP contribution in [0.5, 0.6) is 0 Å². The number of hydrogen-bond acceptors (Lipinski definition) is 3. The Morgan fingerprint density at radius 1 is 1.10 bits per heavy atom. The summed E-state index contributed by atoms with van der Waals surface area (Å²) in [7, 11) is 0. The fraction of sp³-hybridized carbons (Fsp3) is 0.636. The molecule has 0 fully saturated rings. The zero-order chi connectivity index (χ0) is 20.8. The van der Waals surface area contributed by atoms with Gasteiger partial charge in [-0.2, -0.15) is 0 Å². The Kier molecular flexibility index (Phi) is 15.7. The molecule has 0 aromatic heterocycles. The van der Waals surface area contributed by atoms with E-state index in [1.807, 2.05) is 38.1 Å². The first-order valence-electron chi connectivity index (χ1n) is 10.6. The van der Waals surface area contributed by atoms with Crippen molar-refractivity contribution in [2.75, 3.05) is 19.7 Å². The van der Waals surface area contributed by atoms with E-state index in [9.17, 15) is 9.90 Å². The van der Waals surface area contributed by atoms with E-state index in [-0.39, 0.29) is 42.5 Å². The summed E-state index contributed by atoms with van der Waals surface area (Å²) in [6, 6.07) is 7.77. The summed E-state index contributed by atoms with van der Waals surface area (Å²) in [6.07, 6.45) is 3.92. The number of rotatable bonds is 12. The molecule has 2 unspecified atom stereocenters.